The first-order valence-electron chi connectivity index (χ1n) is 6.80. The Hall–Kier alpha value is -2.96. The molecule has 7 nitrogen and oxygen atoms in total. The predicted octanol–water partition coefficient (Wildman–Crippen LogP) is 1.48. The summed E-state index contributed by atoms with van der Waals surface area (Å²) in [6, 6.07) is 6.71. The van der Waals surface area contributed by atoms with E-state index < -0.39 is 5.97 Å². The van der Waals surface area contributed by atoms with E-state index in [9.17, 15) is 9.59 Å². The number of nitrogens with zero attached hydrogens (tertiary/aromatic N) is 2. The average molecular weight is 298 g/mol. The van der Waals surface area contributed by atoms with Gasteiger partial charge in [-0.15, -0.1) is 0 Å². The van der Waals surface area contributed by atoms with Crippen molar-refractivity contribution in [2.45, 2.75) is 18.8 Å². The highest BCUT2D eigenvalue weighted by Gasteiger charge is 2.24. The number of carboxylic acid groups (broad SMARTS) is 1. The molecule has 4 N–H and O–H groups in total. The molecule has 1 aromatic carbocycles. The number of aryl methyl sites for hydroxylation is 1. The number of fused-ring (bicyclic) bond motifs is 1. The van der Waals surface area contributed by atoms with Crippen molar-refractivity contribution in [1.29, 1.82) is 0 Å². The average Bonchev–Trinajstić information content (AvgIpc) is 2.88. The SMILES string of the molecule is Nc1nc2c(c(=O)[nH]1)[C@H](CCc1ccc(C(=O)O)cc1)C=N2. The number of aliphatic imine (C=N–C) groups is 1. The maximum Gasteiger partial charge on any atom is 0.335 e. The molecule has 0 aliphatic carbocycles. The Bertz CT molecular complexity index is 809. The Morgan fingerprint density at radius 2 is 2.05 bits per heavy atom. The topological polar surface area (TPSA) is 121 Å². The fraction of sp³-hybridized carbons (Fsp3) is 0.200. The van der Waals surface area contributed by atoms with E-state index in [4.69, 9.17) is 10.8 Å². The largest absolute Gasteiger partial charge is 0.478 e. The van der Waals surface area contributed by atoms with Crippen LogP contribution in [-0.2, 0) is 6.42 Å². The van der Waals surface area contributed by atoms with Gasteiger partial charge in [-0.05, 0) is 30.5 Å². The number of nitrogens with one attached hydrogen (secondary N) is 1. The molecule has 0 bridgehead atoms. The number of H-pyrrole nitrogens is 1. The number of aromatic carboxylic acids is 1. The van der Waals surface area contributed by atoms with E-state index in [0.29, 0.717) is 24.2 Å². The molecule has 0 radical (unpaired) electrons. The van der Waals surface area contributed by atoms with Gasteiger partial charge in [-0.1, -0.05) is 12.1 Å². The third-order valence-electron chi connectivity index (χ3n) is 3.65. The van der Waals surface area contributed by atoms with Crippen LogP contribution in [-0.4, -0.2) is 27.3 Å². The molecule has 1 aromatic heterocycles. The van der Waals surface area contributed by atoms with Crippen LogP contribution in [0.5, 0.6) is 0 Å². The van der Waals surface area contributed by atoms with E-state index in [1.165, 1.54) is 0 Å². The molecule has 1 aliphatic rings. The van der Waals surface area contributed by atoms with Crippen molar-refractivity contribution in [3.63, 3.8) is 0 Å². The summed E-state index contributed by atoms with van der Waals surface area (Å²) in [6.45, 7) is 0. The van der Waals surface area contributed by atoms with Crippen LogP contribution in [0.25, 0.3) is 0 Å². The number of carboxylic acids is 1. The third kappa shape index (κ3) is 2.60. The summed E-state index contributed by atoms with van der Waals surface area (Å²) in [6.07, 6.45) is 3.11. The first-order chi connectivity index (χ1) is 10.5. The van der Waals surface area contributed by atoms with Gasteiger partial charge in [-0.3, -0.25) is 9.78 Å². The summed E-state index contributed by atoms with van der Waals surface area (Å²) in [5, 5.41) is 8.87. The summed E-state index contributed by atoms with van der Waals surface area (Å²) < 4.78 is 0. The Morgan fingerprint density at radius 3 is 2.73 bits per heavy atom. The molecule has 0 saturated carbocycles. The van der Waals surface area contributed by atoms with Crippen LogP contribution in [0.2, 0.25) is 0 Å². The van der Waals surface area contributed by atoms with Crippen molar-refractivity contribution in [2.24, 2.45) is 4.99 Å². The molecular formula is C15H14N4O3. The Balaban J connectivity index is 1.73. The number of hydrogen-bond acceptors (Lipinski definition) is 5. The van der Waals surface area contributed by atoms with Gasteiger partial charge in [0.15, 0.2) is 5.82 Å². The molecule has 0 spiro atoms. The van der Waals surface area contributed by atoms with Gasteiger partial charge in [-0.25, -0.2) is 9.79 Å². The zero-order valence-electron chi connectivity index (χ0n) is 11.6. The third-order valence-corrected chi connectivity index (χ3v) is 3.65. The maximum absolute atomic E-state index is 12.0. The van der Waals surface area contributed by atoms with Crippen molar-refractivity contribution in [1.82, 2.24) is 9.97 Å². The van der Waals surface area contributed by atoms with Crippen molar-refractivity contribution in [2.75, 3.05) is 5.73 Å². The molecular weight excluding hydrogens is 284 g/mol. The van der Waals surface area contributed by atoms with E-state index in [1.807, 2.05) is 0 Å². The fourth-order valence-corrected chi connectivity index (χ4v) is 2.51. The minimum Gasteiger partial charge on any atom is -0.478 e. The number of rotatable bonds is 4. The van der Waals surface area contributed by atoms with E-state index in [-0.39, 0.29) is 23.0 Å². The molecule has 22 heavy (non-hydrogen) atoms. The zero-order valence-corrected chi connectivity index (χ0v) is 11.6. The second-order valence-electron chi connectivity index (χ2n) is 5.11. The van der Waals surface area contributed by atoms with Crippen LogP contribution in [0, 0.1) is 0 Å². The smallest absolute Gasteiger partial charge is 0.335 e. The van der Waals surface area contributed by atoms with Crippen LogP contribution in [0.4, 0.5) is 11.8 Å². The number of aromatic amines is 1. The molecule has 2 heterocycles. The van der Waals surface area contributed by atoms with Gasteiger partial charge in [-0.2, -0.15) is 4.98 Å². The second kappa shape index (κ2) is 5.44. The van der Waals surface area contributed by atoms with Gasteiger partial charge in [0.1, 0.15) is 0 Å². The molecule has 0 amide bonds. The summed E-state index contributed by atoms with van der Waals surface area (Å²) in [5.41, 5.74) is 7.04. The summed E-state index contributed by atoms with van der Waals surface area (Å²) in [5.74, 6) is -0.608. The minimum absolute atomic E-state index is 0.0609. The van der Waals surface area contributed by atoms with Crippen molar-refractivity contribution in [3.8, 4) is 0 Å². The lowest BCUT2D eigenvalue weighted by Gasteiger charge is -2.08. The molecule has 0 unspecified atom stereocenters. The molecule has 1 atom stereocenters. The molecule has 112 valence electrons. The van der Waals surface area contributed by atoms with E-state index >= 15 is 0 Å². The monoisotopic (exact) mass is 298 g/mol. The number of nitrogens with two attached hydrogens (primary N) is 1. The lowest BCUT2D eigenvalue weighted by Crippen LogP contribution is -2.18. The summed E-state index contributed by atoms with van der Waals surface area (Å²) in [4.78, 5) is 33.4. The van der Waals surface area contributed by atoms with Gasteiger partial charge >= 0.3 is 5.97 Å². The highest BCUT2D eigenvalue weighted by molar-refractivity contribution is 5.87. The van der Waals surface area contributed by atoms with Gasteiger partial charge in [0, 0.05) is 12.1 Å². The number of anilines is 1. The van der Waals surface area contributed by atoms with E-state index in [2.05, 4.69) is 15.0 Å². The quantitative estimate of drug-likeness (QED) is 0.789. The Kier molecular flexibility index (Phi) is 3.46. The van der Waals surface area contributed by atoms with E-state index in [1.54, 1.807) is 30.5 Å². The molecule has 1 aliphatic heterocycles. The maximum atomic E-state index is 12.0. The van der Waals surface area contributed by atoms with Crippen molar-refractivity contribution in [3.05, 3.63) is 51.3 Å². The van der Waals surface area contributed by atoms with Crippen LogP contribution in [0.1, 0.15) is 33.8 Å². The minimum atomic E-state index is -0.946. The fourth-order valence-electron chi connectivity index (χ4n) is 2.51. The highest BCUT2D eigenvalue weighted by atomic mass is 16.4. The molecule has 0 saturated heterocycles. The van der Waals surface area contributed by atoms with Crippen LogP contribution in [0.3, 0.4) is 0 Å². The lowest BCUT2D eigenvalue weighted by molar-refractivity contribution is 0.0697. The molecule has 3 rings (SSSR count). The number of carbonyl (C=O) groups is 1. The summed E-state index contributed by atoms with van der Waals surface area (Å²) >= 11 is 0. The number of nitrogen functional groups attached to an aromatic ring is 1. The molecule has 2 aromatic rings. The summed E-state index contributed by atoms with van der Waals surface area (Å²) in [7, 11) is 0. The second-order valence-corrected chi connectivity index (χ2v) is 5.11. The number of hydrogen-bond donors (Lipinski definition) is 3. The standard InChI is InChI=1S/C15H14N4O3/c16-15-18-12-11(13(20)19-15)10(7-17-12)6-3-8-1-4-9(5-2-8)14(21)22/h1-2,4-5,7,10H,3,6H2,(H,21,22)(H3,16,18,19,20)/t10-/m1/s1. The molecule has 0 fully saturated rings. The van der Waals surface area contributed by atoms with Crippen LogP contribution < -0.4 is 11.3 Å². The Labute approximate surface area is 125 Å². The first-order valence-corrected chi connectivity index (χ1v) is 6.80. The Morgan fingerprint density at radius 1 is 1.32 bits per heavy atom. The normalized spacial score (nSPS) is 15.7. The van der Waals surface area contributed by atoms with Gasteiger partial charge in [0.2, 0.25) is 5.95 Å². The van der Waals surface area contributed by atoms with Crippen molar-refractivity contribution >= 4 is 24.0 Å². The predicted molar refractivity (Wildman–Crippen MR) is 81.9 cm³/mol. The highest BCUT2D eigenvalue weighted by Crippen LogP contribution is 2.30. The van der Waals surface area contributed by atoms with Crippen LogP contribution >= 0.6 is 0 Å². The van der Waals surface area contributed by atoms with Crippen molar-refractivity contribution < 1.29 is 9.90 Å². The zero-order chi connectivity index (χ0) is 15.7. The van der Waals surface area contributed by atoms with Gasteiger partial charge in [0.05, 0.1) is 11.1 Å². The van der Waals surface area contributed by atoms with Gasteiger partial charge in [0.25, 0.3) is 5.56 Å². The number of benzene rings is 1. The van der Waals surface area contributed by atoms with E-state index in [0.717, 1.165) is 5.56 Å². The molecule has 7 heteroatoms. The van der Waals surface area contributed by atoms with Crippen LogP contribution in [0.15, 0.2) is 34.1 Å². The van der Waals surface area contributed by atoms with Gasteiger partial charge < -0.3 is 10.8 Å². The first kappa shape index (κ1) is 14.0. The lowest BCUT2D eigenvalue weighted by atomic mass is 9.95. The number of aromatic nitrogens is 2.